The number of hydrogen-bond donors (Lipinski definition) is 0. The molecule has 0 spiro atoms. The predicted molar refractivity (Wildman–Crippen MR) is 232 cm³/mol. The van der Waals surface area contributed by atoms with E-state index in [0.717, 1.165) is 0 Å². The van der Waals surface area contributed by atoms with Gasteiger partial charge in [0, 0.05) is 237 Å². The minimum Gasteiger partial charge on any atom is -0.158 e. The zero-order valence-corrected chi connectivity index (χ0v) is 29.6. The van der Waals surface area contributed by atoms with Crippen molar-refractivity contribution in [3.8, 4) is 344 Å². The molecule has 0 N–H and O–H groups in total. The SMILES string of the molecule is [2H]C#CC#CC#CC#CC#CC#CC#CC#CC#CC#CC#CC#CC#CC#CC#CC#CC#CC#CC#CC#CC#CC#CC#CC#CC#CC#CC#CC#CC#C[B]. The van der Waals surface area contributed by atoms with Gasteiger partial charge in [-0.1, -0.05) is 0 Å². The van der Waals surface area contributed by atoms with Crippen molar-refractivity contribution >= 4 is 7.85 Å². The normalized spacial score (nSPS) is 4.03. The maximum atomic E-state index is 6.57. The van der Waals surface area contributed by atoms with Gasteiger partial charge < -0.3 is 0 Å². The molecule has 0 atom stereocenters. The number of hydrogen-bond acceptors (Lipinski definition) is 0. The second-order valence-electron chi connectivity index (χ2n) is 7.14. The lowest BCUT2D eigenvalue weighted by Crippen LogP contribution is -1.57. The molecule has 0 aromatic rings. The maximum absolute atomic E-state index is 6.57. The maximum Gasteiger partial charge on any atom is 0.189 e. The van der Waals surface area contributed by atoms with Crippen molar-refractivity contribution in [2.45, 2.75) is 0 Å². The Morgan fingerprint density at radius 1 is 0.169 bits per heavy atom. The molecule has 236 valence electrons. The van der Waals surface area contributed by atoms with E-state index in [-0.39, 0.29) is 0 Å². The smallest absolute Gasteiger partial charge is 0.158 e. The van der Waals surface area contributed by atoms with Gasteiger partial charge in [-0.3, -0.25) is 0 Å². The summed E-state index contributed by atoms with van der Waals surface area (Å²) >= 11 is 0. The van der Waals surface area contributed by atoms with Gasteiger partial charge in [0.2, 0.25) is 0 Å². The third-order valence-electron chi connectivity index (χ3n) is 3.51. The fraction of sp³-hybridized carbons (Fsp3) is 0. The lowest BCUT2D eigenvalue weighted by atomic mass is 10.2. The standard InChI is InChI=1S/C58HB/c1-2-3-4-5-6-7-8-9-10-11-12-13-14-15-16-17-18-19-20-21-22-23-24-25-26-27-28-29-30-31-32-33-34-35-36-37-38-39-40-41-42-43-44-45-46-47-48-49-50-51-52-53-54-55-56-57-58-59/h1H/i1D. The van der Waals surface area contributed by atoms with Crippen LogP contribution < -0.4 is 0 Å². The largest absolute Gasteiger partial charge is 0.189 e. The van der Waals surface area contributed by atoms with Gasteiger partial charge in [0.1, 0.15) is 1.37 Å². The van der Waals surface area contributed by atoms with Crippen LogP contribution in [0.5, 0.6) is 0 Å². The van der Waals surface area contributed by atoms with Crippen molar-refractivity contribution in [1.29, 1.82) is 0 Å². The fourth-order valence-corrected chi connectivity index (χ4v) is 1.72. The van der Waals surface area contributed by atoms with Gasteiger partial charge in [0.25, 0.3) is 0 Å². The average Bonchev–Trinajstić information content (AvgIpc) is 3.26. The lowest BCUT2D eigenvalue weighted by Gasteiger charge is -1.57. The van der Waals surface area contributed by atoms with Gasteiger partial charge in [-0.2, -0.15) is 5.82 Å². The van der Waals surface area contributed by atoms with Crippen molar-refractivity contribution in [2.75, 3.05) is 0 Å². The van der Waals surface area contributed by atoms with E-state index in [1.165, 1.54) is 0 Å². The summed E-state index contributed by atoms with van der Waals surface area (Å²) in [6, 6.07) is 0. The first kappa shape index (κ1) is 44.3. The quantitative estimate of drug-likeness (QED) is 0.243. The van der Waals surface area contributed by atoms with Crippen molar-refractivity contribution in [2.24, 2.45) is 0 Å². The molecule has 0 amide bonds. The van der Waals surface area contributed by atoms with Crippen molar-refractivity contribution in [1.82, 2.24) is 0 Å². The van der Waals surface area contributed by atoms with Gasteiger partial charge in [0.05, 0.1) is 0 Å². The molecular formula is C58HB. The zero-order valence-electron chi connectivity index (χ0n) is 30.6. The van der Waals surface area contributed by atoms with E-state index >= 15 is 0 Å². The van der Waals surface area contributed by atoms with Gasteiger partial charge in [-0.25, -0.2) is 0 Å². The summed E-state index contributed by atoms with van der Waals surface area (Å²) in [5.74, 6) is 141. The first-order valence-corrected chi connectivity index (χ1v) is 14.5. The Morgan fingerprint density at radius 3 is 0.373 bits per heavy atom. The molecule has 0 aliphatic heterocycles. The average molecular weight is 709 g/mol. The first-order valence-electron chi connectivity index (χ1n) is 15.0. The van der Waals surface area contributed by atoms with Crippen LogP contribution in [-0.4, -0.2) is 7.85 Å². The van der Waals surface area contributed by atoms with Gasteiger partial charge in [-0.15, -0.1) is 6.40 Å². The van der Waals surface area contributed by atoms with Crippen molar-refractivity contribution in [3.05, 3.63) is 0 Å². The molecule has 0 rings (SSSR count). The van der Waals surface area contributed by atoms with Crippen LogP contribution in [0.1, 0.15) is 1.37 Å². The fourth-order valence-electron chi connectivity index (χ4n) is 1.72. The van der Waals surface area contributed by atoms with Crippen LogP contribution in [0, 0.1) is 344 Å². The molecule has 0 fully saturated rings. The van der Waals surface area contributed by atoms with Crippen molar-refractivity contribution in [3.63, 3.8) is 0 Å². The molecule has 0 saturated heterocycles. The summed E-state index contributed by atoms with van der Waals surface area (Å²) in [6.45, 7) is 0. The topological polar surface area (TPSA) is 0 Å². The molecule has 0 aromatic carbocycles. The highest BCUT2D eigenvalue weighted by Gasteiger charge is 1.63. The van der Waals surface area contributed by atoms with E-state index in [2.05, 4.69) is 337 Å². The molecule has 59 heavy (non-hydrogen) atoms. The molecular weight excluding hydrogens is 707 g/mol. The molecule has 0 unspecified atom stereocenters. The highest BCUT2D eigenvalue weighted by Crippen LogP contribution is 1.63. The molecule has 0 aliphatic rings. The highest BCUT2D eigenvalue weighted by molar-refractivity contribution is 6.22. The molecule has 0 aromatic heterocycles. The van der Waals surface area contributed by atoms with E-state index in [9.17, 15) is 0 Å². The molecule has 0 bridgehead atoms. The van der Waals surface area contributed by atoms with Crippen LogP contribution in [0.2, 0.25) is 0 Å². The Labute approximate surface area is 351 Å². The molecule has 0 aliphatic carbocycles. The minimum atomic E-state index is 1.87. The van der Waals surface area contributed by atoms with Crippen molar-refractivity contribution < 1.29 is 1.37 Å². The lowest BCUT2D eigenvalue weighted by molar-refractivity contribution is 2.31. The van der Waals surface area contributed by atoms with Crippen LogP contribution in [-0.2, 0) is 0 Å². The third-order valence-corrected chi connectivity index (χ3v) is 3.51. The van der Waals surface area contributed by atoms with Crippen LogP contribution in [0.4, 0.5) is 0 Å². The Kier molecular flexibility index (Phi) is 34.0. The minimum absolute atomic E-state index is 1.87. The monoisotopic (exact) mass is 709 g/mol. The second kappa shape index (κ2) is 45.3. The zero-order chi connectivity index (χ0) is 43.0. The van der Waals surface area contributed by atoms with Gasteiger partial charge >= 0.3 is 0 Å². The van der Waals surface area contributed by atoms with E-state index in [1.54, 1.807) is 0 Å². The summed E-state index contributed by atoms with van der Waals surface area (Å²) in [6.07, 6.45) is 1.87. The van der Waals surface area contributed by atoms with E-state index < -0.39 is 0 Å². The van der Waals surface area contributed by atoms with Crippen LogP contribution >= 0.6 is 0 Å². The van der Waals surface area contributed by atoms with Crippen LogP contribution in [0.15, 0.2) is 0 Å². The Morgan fingerprint density at radius 2 is 0.271 bits per heavy atom. The summed E-state index contributed by atoms with van der Waals surface area (Å²) in [4.78, 5) is 0. The number of terminal acetylenes is 1. The summed E-state index contributed by atoms with van der Waals surface area (Å²) in [7, 11) is 4.94. The van der Waals surface area contributed by atoms with E-state index in [4.69, 9.17) is 9.22 Å². The molecule has 0 nitrogen and oxygen atoms in total. The van der Waals surface area contributed by atoms with E-state index in [0.29, 0.717) is 0 Å². The molecule has 1 heteroatoms. The molecule has 2 radical (unpaired) electrons. The van der Waals surface area contributed by atoms with Crippen LogP contribution in [0.3, 0.4) is 0 Å². The first-order chi connectivity index (χ1) is 29.9. The molecule has 0 saturated carbocycles. The Hall–Kier alpha value is -12.7. The molecule has 0 heterocycles. The number of rotatable bonds is 0. The predicted octanol–water partition coefficient (Wildman–Crippen LogP) is -0.159. The van der Waals surface area contributed by atoms with Crippen LogP contribution in [0.25, 0.3) is 0 Å². The van der Waals surface area contributed by atoms with Gasteiger partial charge in [0.15, 0.2) is 7.85 Å². The highest BCUT2D eigenvalue weighted by atomic mass is 13.6. The summed E-state index contributed by atoms with van der Waals surface area (Å²) < 4.78 is 6.57. The summed E-state index contributed by atoms with van der Waals surface area (Å²) in [5.41, 5.74) is 0. The second-order valence-corrected chi connectivity index (χ2v) is 7.14. The third kappa shape index (κ3) is 45.3. The Balaban J connectivity index is 4.58. The van der Waals surface area contributed by atoms with Gasteiger partial charge in [-0.05, 0) is 94.7 Å². The van der Waals surface area contributed by atoms with E-state index in [1.807, 2.05) is 6.40 Å². The Bertz CT molecular complexity index is 3530. The summed E-state index contributed by atoms with van der Waals surface area (Å²) in [5, 5.41) is 0.